The van der Waals surface area contributed by atoms with Crippen LogP contribution >= 0.6 is 11.3 Å². The largest absolute Gasteiger partial charge is 0.452 e. The van der Waals surface area contributed by atoms with Crippen LogP contribution in [0.3, 0.4) is 0 Å². The van der Waals surface area contributed by atoms with E-state index in [0.29, 0.717) is 10.6 Å². The average molecular weight is 383 g/mol. The second-order valence-electron chi connectivity index (χ2n) is 5.08. The van der Waals surface area contributed by atoms with Gasteiger partial charge in [-0.2, -0.15) is 0 Å². The van der Waals surface area contributed by atoms with Gasteiger partial charge in [0.2, 0.25) is 5.88 Å². The highest BCUT2D eigenvalue weighted by molar-refractivity contribution is 7.12. The van der Waals surface area contributed by atoms with Crippen molar-refractivity contribution in [1.29, 1.82) is 0 Å². The fraction of sp³-hybridized carbons (Fsp3) is 0.0556. The molecular weight excluding hydrogens is 370 g/mol. The van der Waals surface area contributed by atoms with Crippen LogP contribution in [0.1, 0.15) is 20.0 Å². The number of thiophene rings is 1. The minimum absolute atomic E-state index is 0.0190. The zero-order chi connectivity index (χ0) is 19.1. The number of carbonyl (C=O) groups is 3. The number of rotatable bonds is 6. The van der Waals surface area contributed by atoms with E-state index < -0.39 is 24.4 Å². The van der Waals surface area contributed by atoms with Crippen molar-refractivity contribution in [3.05, 3.63) is 70.8 Å². The Morgan fingerprint density at radius 2 is 1.93 bits per heavy atom. The summed E-state index contributed by atoms with van der Waals surface area (Å²) in [5.74, 6) is -1.68. The first-order valence-corrected chi connectivity index (χ1v) is 8.59. The molecule has 3 heterocycles. The predicted octanol–water partition coefficient (Wildman–Crippen LogP) is 2.44. The highest BCUT2D eigenvalue weighted by Crippen LogP contribution is 2.22. The van der Waals surface area contributed by atoms with Gasteiger partial charge in [0.1, 0.15) is 11.3 Å². The summed E-state index contributed by atoms with van der Waals surface area (Å²) in [4.78, 5) is 44.1. The molecule has 136 valence electrons. The standard InChI is InChI=1S/C18H13N3O5S/c22-15(21-16(23)14-6-3-9-27-14)11-25-18(24)13-5-2-8-20-17(13)26-12-4-1-7-19-10-12/h1-10H,11H2,(H,21,22,23). The fourth-order valence-corrected chi connectivity index (χ4v) is 2.61. The first-order chi connectivity index (χ1) is 13.1. The lowest BCUT2D eigenvalue weighted by Crippen LogP contribution is -2.33. The predicted molar refractivity (Wildman–Crippen MR) is 95.6 cm³/mol. The van der Waals surface area contributed by atoms with Crippen LogP contribution in [0, 0.1) is 0 Å². The van der Waals surface area contributed by atoms with Gasteiger partial charge in [0, 0.05) is 12.4 Å². The van der Waals surface area contributed by atoms with Crippen molar-refractivity contribution in [2.75, 3.05) is 6.61 Å². The minimum atomic E-state index is -0.805. The van der Waals surface area contributed by atoms with Crippen LogP contribution in [-0.2, 0) is 9.53 Å². The number of hydrogen-bond donors (Lipinski definition) is 1. The minimum Gasteiger partial charge on any atom is -0.452 e. The number of amides is 2. The molecule has 0 saturated carbocycles. The van der Waals surface area contributed by atoms with Crippen molar-refractivity contribution in [3.63, 3.8) is 0 Å². The van der Waals surface area contributed by atoms with Crippen LogP contribution < -0.4 is 10.1 Å². The number of imide groups is 1. The molecule has 0 atom stereocenters. The molecule has 3 rings (SSSR count). The zero-order valence-electron chi connectivity index (χ0n) is 13.8. The topological polar surface area (TPSA) is 107 Å². The Morgan fingerprint density at radius 3 is 2.67 bits per heavy atom. The molecule has 0 aliphatic carbocycles. The summed E-state index contributed by atoms with van der Waals surface area (Å²) in [6.07, 6.45) is 4.50. The summed E-state index contributed by atoms with van der Waals surface area (Å²) in [6.45, 7) is -0.614. The van der Waals surface area contributed by atoms with Gasteiger partial charge in [-0.25, -0.2) is 9.78 Å². The summed E-state index contributed by atoms with van der Waals surface area (Å²) in [6, 6.07) is 9.59. The third kappa shape index (κ3) is 4.95. The number of carbonyl (C=O) groups excluding carboxylic acids is 3. The number of nitrogens with one attached hydrogen (secondary N) is 1. The van der Waals surface area contributed by atoms with Gasteiger partial charge in [0.15, 0.2) is 6.61 Å². The van der Waals surface area contributed by atoms with Gasteiger partial charge in [-0.3, -0.25) is 19.9 Å². The Bertz CT molecular complexity index is 945. The number of pyridine rings is 2. The van der Waals surface area contributed by atoms with E-state index in [1.165, 1.54) is 35.9 Å². The van der Waals surface area contributed by atoms with Crippen LogP contribution in [0.15, 0.2) is 60.4 Å². The molecule has 0 bridgehead atoms. The second-order valence-corrected chi connectivity index (χ2v) is 6.03. The highest BCUT2D eigenvalue weighted by atomic mass is 32.1. The van der Waals surface area contributed by atoms with Gasteiger partial charge < -0.3 is 9.47 Å². The van der Waals surface area contributed by atoms with Crippen LogP contribution in [0.25, 0.3) is 0 Å². The second kappa shape index (κ2) is 8.68. The van der Waals surface area contributed by atoms with E-state index in [-0.39, 0.29) is 11.4 Å². The molecule has 0 saturated heterocycles. The molecule has 9 heteroatoms. The fourth-order valence-electron chi connectivity index (χ4n) is 1.99. The van der Waals surface area contributed by atoms with E-state index in [9.17, 15) is 14.4 Å². The molecule has 3 aromatic rings. The lowest BCUT2D eigenvalue weighted by atomic mass is 10.3. The van der Waals surface area contributed by atoms with Crippen molar-refractivity contribution in [2.45, 2.75) is 0 Å². The van der Waals surface area contributed by atoms with E-state index in [1.807, 2.05) is 0 Å². The monoisotopic (exact) mass is 383 g/mol. The smallest absolute Gasteiger partial charge is 0.344 e. The maximum absolute atomic E-state index is 12.3. The molecule has 0 radical (unpaired) electrons. The van der Waals surface area contributed by atoms with E-state index in [4.69, 9.17) is 9.47 Å². The van der Waals surface area contributed by atoms with E-state index in [1.54, 1.807) is 35.8 Å². The zero-order valence-corrected chi connectivity index (χ0v) is 14.6. The van der Waals surface area contributed by atoms with E-state index in [0.717, 1.165) is 0 Å². The number of esters is 1. The normalized spacial score (nSPS) is 10.1. The lowest BCUT2D eigenvalue weighted by molar-refractivity contribution is -0.123. The van der Waals surface area contributed by atoms with Gasteiger partial charge >= 0.3 is 5.97 Å². The third-order valence-electron chi connectivity index (χ3n) is 3.17. The molecule has 0 fully saturated rings. The summed E-state index contributed by atoms with van der Waals surface area (Å²) in [5.41, 5.74) is 0.0405. The average Bonchev–Trinajstić information content (AvgIpc) is 3.22. The van der Waals surface area contributed by atoms with Gasteiger partial charge in [0.05, 0.1) is 11.1 Å². The van der Waals surface area contributed by atoms with Crippen molar-refractivity contribution in [3.8, 4) is 11.6 Å². The van der Waals surface area contributed by atoms with Crippen LogP contribution in [0.2, 0.25) is 0 Å². The maximum atomic E-state index is 12.3. The number of hydrogen-bond acceptors (Lipinski definition) is 8. The first kappa shape index (κ1) is 18.2. The third-order valence-corrected chi connectivity index (χ3v) is 4.04. The number of nitrogens with zero attached hydrogens (tertiary/aromatic N) is 2. The first-order valence-electron chi connectivity index (χ1n) is 7.71. The molecular formula is C18H13N3O5S. The number of aromatic nitrogens is 2. The summed E-state index contributed by atoms with van der Waals surface area (Å²) < 4.78 is 10.5. The van der Waals surface area contributed by atoms with Crippen molar-refractivity contribution >= 4 is 29.1 Å². The quantitative estimate of drug-likeness (QED) is 0.651. The lowest BCUT2D eigenvalue weighted by Gasteiger charge is -2.09. The van der Waals surface area contributed by atoms with Gasteiger partial charge in [-0.05, 0) is 35.7 Å². The van der Waals surface area contributed by atoms with Gasteiger partial charge in [-0.1, -0.05) is 6.07 Å². The summed E-state index contributed by atoms with van der Waals surface area (Å²) in [5, 5.41) is 3.86. The van der Waals surface area contributed by atoms with Crippen molar-refractivity contribution < 1.29 is 23.9 Å². The molecule has 27 heavy (non-hydrogen) atoms. The summed E-state index contributed by atoms with van der Waals surface area (Å²) >= 11 is 1.20. The molecule has 0 unspecified atom stereocenters. The van der Waals surface area contributed by atoms with Crippen LogP contribution in [-0.4, -0.2) is 34.4 Å². The molecule has 0 aliphatic heterocycles. The molecule has 1 N–H and O–H groups in total. The molecule has 0 aliphatic rings. The van der Waals surface area contributed by atoms with Gasteiger partial charge in [-0.15, -0.1) is 11.3 Å². The molecule has 3 aromatic heterocycles. The molecule has 0 aromatic carbocycles. The van der Waals surface area contributed by atoms with Gasteiger partial charge in [0.25, 0.3) is 11.8 Å². The SMILES string of the molecule is O=C(COC(=O)c1cccnc1Oc1cccnc1)NC(=O)c1cccs1. The van der Waals surface area contributed by atoms with Crippen LogP contribution in [0.4, 0.5) is 0 Å². The Balaban J connectivity index is 1.59. The Kier molecular flexibility index (Phi) is 5.85. The Morgan fingerprint density at radius 1 is 1.07 bits per heavy atom. The number of ether oxygens (including phenoxy) is 2. The Labute approximate surface area is 157 Å². The van der Waals surface area contributed by atoms with E-state index >= 15 is 0 Å². The molecule has 2 amide bonds. The van der Waals surface area contributed by atoms with Crippen LogP contribution in [0.5, 0.6) is 11.6 Å². The highest BCUT2D eigenvalue weighted by Gasteiger charge is 2.18. The van der Waals surface area contributed by atoms with Crippen molar-refractivity contribution in [2.24, 2.45) is 0 Å². The molecule has 8 nitrogen and oxygen atoms in total. The molecule has 0 spiro atoms. The van der Waals surface area contributed by atoms with Crippen molar-refractivity contribution in [1.82, 2.24) is 15.3 Å². The summed E-state index contributed by atoms with van der Waals surface area (Å²) in [7, 11) is 0. The maximum Gasteiger partial charge on any atom is 0.344 e. The Hall–Kier alpha value is -3.59. The van der Waals surface area contributed by atoms with E-state index in [2.05, 4.69) is 15.3 Å².